The summed E-state index contributed by atoms with van der Waals surface area (Å²) in [6.45, 7) is 8.30. The van der Waals surface area contributed by atoms with E-state index in [0.717, 1.165) is 19.3 Å². The quantitative estimate of drug-likeness (QED) is 0.407. The molecule has 0 bridgehead atoms. The third kappa shape index (κ3) is 8.42. The molecule has 6 nitrogen and oxygen atoms in total. The zero-order valence-electron chi connectivity index (χ0n) is 12.9. The first-order chi connectivity index (χ1) is 9.49. The summed E-state index contributed by atoms with van der Waals surface area (Å²) in [4.78, 5) is 22.7. The Balaban J connectivity index is 4.81. The van der Waals surface area contributed by atoms with Gasteiger partial charge in [0.1, 0.15) is 12.2 Å². The highest BCUT2D eigenvalue weighted by Gasteiger charge is 2.49. The highest BCUT2D eigenvalue weighted by atomic mass is 28.4. The number of carbonyl (C=O) groups is 2. The van der Waals surface area contributed by atoms with Crippen molar-refractivity contribution in [3.05, 3.63) is 0 Å². The molecule has 0 unspecified atom stereocenters. The molecule has 0 heterocycles. The van der Waals surface area contributed by atoms with E-state index in [1.807, 2.05) is 20.8 Å². The Morgan fingerprint density at radius 3 is 1.55 bits per heavy atom. The van der Waals surface area contributed by atoms with Gasteiger partial charge in [-0.15, -0.1) is 0 Å². The molecule has 118 valence electrons. The van der Waals surface area contributed by atoms with Crippen LogP contribution in [0.5, 0.6) is 0 Å². The van der Waals surface area contributed by atoms with E-state index in [0.29, 0.717) is 19.8 Å². The minimum atomic E-state index is -3.49. The van der Waals surface area contributed by atoms with Crippen molar-refractivity contribution in [2.45, 2.75) is 53.4 Å². The second-order valence-electron chi connectivity index (χ2n) is 4.40. The maximum Gasteiger partial charge on any atom is 0.751 e. The lowest BCUT2D eigenvalue weighted by molar-refractivity contribution is -0.146. The van der Waals surface area contributed by atoms with Crippen LogP contribution in [0.25, 0.3) is 0 Å². The van der Waals surface area contributed by atoms with E-state index in [9.17, 15) is 9.59 Å². The van der Waals surface area contributed by atoms with Crippen LogP contribution < -0.4 is 0 Å². The van der Waals surface area contributed by atoms with Gasteiger partial charge in [-0.2, -0.15) is 0 Å². The fraction of sp³-hybridized carbons (Fsp3) is 0.846. The molecule has 0 rings (SSSR count). The molecule has 0 saturated carbocycles. The molecule has 0 aromatic carbocycles. The van der Waals surface area contributed by atoms with Gasteiger partial charge in [0.25, 0.3) is 0 Å². The molecule has 0 aliphatic rings. The number of rotatable bonds is 12. The minimum Gasteiger partial charge on any atom is -0.451 e. The zero-order chi connectivity index (χ0) is 15.4. The van der Waals surface area contributed by atoms with E-state index < -0.39 is 15.0 Å². The molecule has 0 fully saturated rings. The van der Waals surface area contributed by atoms with Crippen LogP contribution in [0.15, 0.2) is 0 Å². The highest BCUT2D eigenvalue weighted by Crippen LogP contribution is 2.15. The first-order valence-electron chi connectivity index (χ1n) is 7.12. The summed E-state index contributed by atoms with van der Waals surface area (Å²) in [6.07, 6.45) is 1.97. The van der Waals surface area contributed by atoms with Crippen molar-refractivity contribution in [1.29, 1.82) is 0 Å². The van der Waals surface area contributed by atoms with E-state index in [1.54, 1.807) is 0 Å². The van der Waals surface area contributed by atoms with Crippen LogP contribution >= 0.6 is 0 Å². The maximum atomic E-state index is 11.7. The van der Waals surface area contributed by atoms with Crippen LogP contribution in [0.1, 0.15) is 53.4 Å². The lowest BCUT2D eigenvalue weighted by Gasteiger charge is -2.27. The molecule has 0 atom stereocenters. The molecule has 0 aromatic heterocycles. The molecule has 0 aliphatic heterocycles. The SMILES string of the molecule is CCCO[Si](OCCC)(OCCC)OC(=O)CC(C)=O. The van der Waals surface area contributed by atoms with Gasteiger partial charge in [-0.3, -0.25) is 9.59 Å². The van der Waals surface area contributed by atoms with E-state index in [-0.39, 0.29) is 12.2 Å². The molecular formula is C13H26O6Si. The largest absolute Gasteiger partial charge is 0.751 e. The van der Waals surface area contributed by atoms with Crippen LogP contribution in [0.4, 0.5) is 0 Å². The highest BCUT2D eigenvalue weighted by molar-refractivity contribution is 6.55. The molecule has 0 radical (unpaired) electrons. The van der Waals surface area contributed by atoms with Crippen molar-refractivity contribution in [3.63, 3.8) is 0 Å². The predicted molar refractivity (Wildman–Crippen MR) is 75.9 cm³/mol. The lowest BCUT2D eigenvalue weighted by atomic mass is 10.3. The standard InChI is InChI=1S/C13H26O6Si/c1-5-8-16-20(17-9-6-2,18-10-7-3)19-13(15)11-12(4)14/h5-11H2,1-4H3. The monoisotopic (exact) mass is 306 g/mol. The molecule has 0 aliphatic carbocycles. The topological polar surface area (TPSA) is 71.1 Å². The van der Waals surface area contributed by atoms with Crippen molar-refractivity contribution in [1.82, 2.24) is 0 Å². The van der Waals surface area contributed by atoms with Crippen LogP contribution in [-0.4, -0.2) is 40.6 Å². The number of ketones is 1. The molecule has 0 saturated heterocycles. The van der Waals surface area contributed by atoms with Crippen molar-refractivity contribution in [3.8, 4) is 0 Å². The Bertz CT molecular complexity index is 273. The van der Waals surface area contributed by atoms with Gasteiger partial charge in [-0.25, -0.2) is 0 Å². The van der Waals surface area contributed by atoms with E-state index in [2.05, 4.69) is 0 Å². The average molecular weight is 306 g/mol. The van der Waals surface area contributed by atoms with Crippen LogP contribution in [0.3, 0.4) is 0 Å². The van der Waals surface area contributed by atoms with Crippen LogP contribution in [0, 0.1) is 0 Å². The Hall–Kier alpha value is -0.763. The summed E-state index contributed by atoms with van der Waals surface area (Å²) in [5.74, 6) is -0.924. The molecule has 0 spiro atoms. The third-order valence-electron chi connectivity index (χ3n) is 2.08. The van der Waals surface area contributed by atoms with Gasteiger partial charge in [-0.1, -0.05) is 20.8 Å². The Morgan fingerprint density at radius 2 is 1.25 bits per heavy atom. The smallest absolute Gasteiger partial charge is 0.451 e. The number of hydrogen-bond donors (Lipinski definition) is 0. The van der Waals surface area contributed by atoms with Crippen LogP contribution in [-0.2, 0) is 27.3 Å². The Morgan fingerprint density at radius 1 is 0.850 bits per heavy atom. The number of hydrogen-bond acceptors (Lipinski definition) is 6. The van der Waals surface area contributed by atoms with E-state index in [1.165, 1.54) is 6.92 Å². The van der Waals surface area contributed by atoms with Gasteiger partial charge in [0.05, 0.1) is 0 Å². The lowest BCUT2D eigenvalue weighted by Crippen LogP contribution is -2.51. The molecule has 0 aromatic rings. The molecule has 0 amide bonds. The second-order valence-corrected chi connectivity index (χ2v) is 6.47. The normalized spacial score (nSPS) is 11.4. The predicted octanol–water partition coefficient (Wildman–Crippen LogP) is 2.22. The van der Waals surface area contributed by atoms with E-state index in [4.69, 9.17) is 17.7 Å². The Kier molecular flexibility index (Phi) is 10.5. The minimum absolute atomic E-state index is 0.264. The average Bonchev–Trinajstić information content (AvgIpc) is 2.39. The van der Waals surface area contributed by atoms with Gasteiger partial charge in [0.15, 0.2) is 0 Å². The maximum absolute atomic E-state index is 11.7. The summed E-state index contributed by atoms with van der Waals surface area (Å²) in [5, 5.41) is 0. The summed E-state index contributed by atoms with van der Waals surface area (Å²) >= 11 is 0. The summed E-state index contributed by atoms with van der Waals surface area (Å²) in [7, 11) is -3.49. The zero-order valence-corrected chi connectivity index (χ0v) is 13.9. The van der Waals surface area contributed by atoms with Crippen molar-refractivity contribution in [2.75, 3.05) is 19.8 Å². The molecule has 0 N–H and O–H groups in total. The Labute approximate surface area is 122 Å². The van der Waals surface area contributed by atoms with Gasteiger partial charge < -0.3 is 17.7 Å². The second kappa shape index (κ2) is 11.0. The summed E-state index contributed by atoms with van der Waals surface area (Å²) in [6, 6.07) is 0. The molecular weight excluding hydrogens is 280 g/mol. The van der Waals surface area contributed by atoms with Gasteiger partial charge in [0.2, 0.25) is 0 Å². The van der Waals surface area contributed by atoms with Gasteiger partial charge in [0, 0.05) is 19.8 Å². The molecule has 20 heavy (non-hydrogen) atoms. The first kappa shape index (κ1) is 19.2. The van der Waals surface area contributed by atoms with E-state index >= 15 is 0 Å². The fourth-order valence-electron chi connectivity index (χ4n) is 1.27. The summed E-state index contributed by atoms with van der Waals surface area (Å²) < 4.78 is 22.0. The van der Waals surface area contributed by atoms with Gasteiger partial charge in [-0.05, 0) is 26.2 Å². The first-order valence-corrected chi connectivity index (χ1v) is 8.76. The van der Waals surface area contributed by atoms with Gasteiger partial charge >= 0.3 is 15.0 Å². The summed E-state index contributed by atoms with van der Waals surface area (Å²) in [5.41, 5.74) is 0. The third-order valence-corrected chi connectivity index (χ3v) is 4.23. The van der Waals surface area contributed by atoms with Crippen molar-refractivity contribution in [2.24, 2.45) is 0 Å². The molecule has 7 heteroatoms. The number of carbonyl (C=O) groups excluding carboxylic acids is 2. The van der Waals surface area contributed by atoms with Crippen molar-refractivity contribution < 1.29 is 27.3 Å². The fourth-order valence-corrected chi connectivity index (χ4v) is 3.41. The van der Waals surface area contributed by atoms with Crippen molar-refractivity contribution >= 4 is 20.8 Å². The van der Waals surface area contributed by atoms with Crippen LogP contribution in [0.2, 0.25) is 0 Å². The number of Topliss-reactive ketones (excluding diaryl/α,β-unsaturated/α-hetero) is 1.